The first kappa shape index (κ1) is 37.6. The lowest BCUT2D eigenvalue weighted by Crippen LogP contribution is -3.61. The molecule has 0 spiro atoms. The maximum absolute atomic E-state index is 13.3. The van der Waals surface area contributed by atoms with Crippen molar-refractivity contribution in [2.75, 3.05) is 0 Å². The molecular weight excluding hydrogens is 669 g/mol. The number of carbonyl (C=O) groups is 2. The predicted octanol–water partition coefficient (Wildman–Crippen LogP) is 7.08. The van der Waals surface area contributed by atoms with Crippen LogP contribution in [0.25, 0.3) is 0 Å². The second-order valence-corrected chi connectivity index (χ2v) is 17.8. The first-order chi connectivity index (χ1) is 21.6. The van der Waals surface area contributed by atoms with Crippen molar-refractivity contribution in [3.05, 3.63) is 67.3 Å². The second-order valence-electron chi connectivity index (χ2n) is 14.8. The summed E-state index contributed by atoms with van der Waals surface area (Å²) in [7, 11) is 0. The highest BCUT2D eigenvalue weighted by Crippen LogP contribution is 2.48. The van der Waals surface area contributed by atoms with Gasteiger partial charge in [0.2, 0.25) is 5.91 Å². The number of nitrogens with one attached hydrogen (secondary N) is 1. The molecule has 3 rings (SSSR count). The van der Waals surface area contributed by atoms with E-state index >= 15 is 0 Å². The van der Waals surface area contributed by atoms with Crippen LogP contribution in [0.2, 0.25) is 0 Å². The molecule has 1 N–H and O–H groups in total. The number of carbonyl (C=O) groups excluding carboxylic acids is 2. The smallest absolute Gasteiger partial charge is 0.357 e. The Morgan fingerprint density at radius 2 is 1.44 bits per heavy atom. The van der Waals surface area contributed by atoms with Crippen LogP contribution in [0, 0.1) is 18.0 Å². The molecule has 1 aliphatic carbocycles. The summed E-state index contributed by atoms with van der Waals surface area (Å²) in [4.78, 5) is 25.1. The van der Waals surface area contributed by atoms with Crippen LogP contribution in [-0.4, -0.2) is 24.0 Å². The van der Waals surface area contributed by atoms with Gasteiger partial charge in [-0.05, 0) is 79.2 Å². The molecule has 250 valence electrons. The predicted molar refractivity (Wildman–Crippen MR) is 183 cm³/mol. The molecule has 0 radical (unpaired) electrons. The van der Waals surface area contributed by atoms with Crippen molar-refractivity contribution in [3.63, 3.8) is 0 Å². The maximum Gasteiger partial charge on any atom is 0.357 e. The van der Waals surface area contributed by atoms with E-state index in [1.807, 2.05) is 0 Å². The van der Waals surface area contributed by atoms with Crippen LogP contribution in [0.5, 0.6) is 0 Å². The number of hydrogen-bond donors (Lipinski definition) is 1. The molecule has 4 nitrogen and oxygen atoms in total. The number of unbranched alkanes of at least 4 members (excludes halogenated alkanes) is 9. The van der Waals surface area contributed by atoms with Crippen LogP contribution in [0.4, 0.5) is 0 Å². The average molecular weight is 731 g/mol. The molecule has 1 saturated carbocycles. The summed E-state index contributed by atoms with van der Waals surface area (Å²) in [5.74, 6) is -0.0384. The number of esters is 1. The highest BCUT2D eigenvalue weighted by Gasteiger charge is 2.41. The van der Waals surface area contributed by atoms with Crippen LogP contribution in [-0.2, 0) is 20.7 Å². The Kier molecular flexibility index (Phi) is 16.4. The van der Waals surface area contributed by atoms with Gasteiger partial charge in [-0.2, -0.15) is 0 Å². The first-order valence-electron chi connectivity index (χ1n) is 17.8. The van der Waals surface area contributed by atoms with Crippen molar-refractivity contribution in [1.29, 1.82) is 0 Å². The van der Waals surface area contributed by atoms with E-state index in [4.69, 9.17) is 4.74 Å². The van der Waals surface area contributed by atoms with Crippen molar-refractivity contribution < 1.29 is 35.5 Å². The van der Waals surface area contributed by atoms with Gasteiger partial charge in [-0.3, -0.25) is 9.59 Å². The van der Waals surface area contributed by atoms with Gasteiger partial charge in [-0.1, -0.05) is 116 Å². The molecule has 3 atom stereocenters. The van der Waals surface area contributed by atoms with Gasteiger partial charge in [0.05, 0.1) is 0 Å². The molecule has 0 saturated heterocycles. The largest absolute Gasteiger partial charge is 0.462 e. The minimum Gasteiger partial charge on any atom is -0.462 e. The standard InChI is InChI=1S/C40H60INO3/c1-6-7-8-9-10-11-12-13-14-18-21-37(28-33-22-24-35(25-23-33)41-34-19-16-15-17-20-34)45-38(44)26-27-40(5)30-36(42-32(2)43)29-39(3,4)31-40/h15-17,19-20,22-25,36-37H,6-14,18,21,26-31H2,1-5H3/p+1. The molecule has 0 bridgehead atoms. The minimum atomic E-state index is -0.184. The molecule has 0 aliphatic heterocycles. The third kappa shape index (κ3) is 15.5. The molecule has 2 aromatic carbocycles. The van der Waals surface area contributed by atoms with E-state index in [9.17, 15) is 9.59 Å². The van der Waals surface area contributed by atoms with Gasteiger partial charge in [0.15, 0.2) is 7.14 Å². The zero-order chi connectivity index (χ0) is 32.5. The third-order valence-electron chi connectivity index (χ3n) is 9.29. The van der Waals surface area contributed by atoms with Crippen LogP contribution in [0.15, 0.2) is 54.6 Å². The molecule has 45 heavy (non-hydrogen) atoms. The van der Waals surface area contributed by atoms with Gasteiger partial charge in [-0.25, -0.2) is 0 Å². The van der Waals surface area contributed by atoms with Crippen LogP contribution in [0.3, 0.4) is 0 Å². The second kappa shape index (κ2) is 19.7. The van der Waals surface area contributed by atoms with Gasteiger partial charge >= 0.3 is 27.2 Å². The Morgan fingerprint density at radius 1 is 0.844 bits per heavy atom. The summed E-state index contributed by atoms with van der Waals surface area (Å²) in [6.07, 6.45) is 18.9. The average Bonchev–Trinajstić information content (AvgIpc) is 2.97. The van der Waals surface area contributed by atoms with Gasteiger partial charge in [0.25, 0.3) is 0 Å². The monoisotopic (exact) mass is 730 g/mol. The zero-order valence-corrected chi connectivity index (χ0v) is 31.1. The van der Waals surface area contributed by atoms with E-state index in [2.05, 4.69) is 87.6 Å². The summed E-state index contributed by atoms with van der Waals surface area (Å²) >= 11 is -0.184. The normalized spacial score (nSPS) is 20.0. The number of amides is 1. The highest BCUT2D eigenvalue weighted by molar-refractivity contribution is 5.73. The van der Waals surface area contributed by atoms with E-state index in [1.54, 1.807) is 6.92 Å². The summed E-state index contributed by atoms with van der Waals surface area (Å²) in [5, 5.41) is 3.16. The Morgan fingerprint density at radius 3 is 2.07 bits per heavy atom. The zero-order valence-electron chi connectivity index (χ0n) is 29.0. The van der Waals surface area contributed by atoms with E-state index in [0.29, 0.717) is 6.42 Å². The molecule has 2 aromatic rings. The first-order valence-corrected chi connectivity index (χ1v) is 20.0. The van der Waals surface area contributed by atoms with Gasteiger partial charge < -0.3 is 10.1 Å². The summed E-state index contributed by atoms with van der Waals surface area (Å²) in [6.45, 7) is 10.7. The lowest BCUT2D eigenvalue weighted by atomic mass is 9.61. The quantitative estimate of drug-likeness (QED) is 0.0901. The van der Waals surface area contributed by atoms with Crippen LogP contribution >= 0.6 is 0 Å². The van der Waals surface area contributed by atoms with Gasteiger partial charge in [0, 0.05) is 25.8 Å². The van der Waals surface area contributed by atoms with E-state index in [-0.39, 0.29) is 56.1 Å². The topological polar surface area (TPSA) is 55.4 Å². The molecule has 1 aliphatic rings. The van der Waals surface area contributed by atoms with E-state index < -0.39 is 0 Å². The fraction of sp³-hybridized carbons (Fsp3) is 0.650. The van der Waals surface area contributed by atoms with Crippen molar-refractivity contribution in [3.8, 4) is 0 Å². The minimum absolute atomic E-state index is 0.0115. The molecule has 1 amide bonds. The van der Waals surface area contributed by atoms with Crippen molar-refractivity contribution >= 4 is 11.9 Å². The number of rotatable bonds is 20. The Hall–Kier alpha value is -1.89. The van der Waals surface area contributed by atoms with Crippen molar-refractivity contribution in [1.82, 2.24) is 5.32 Å². The maximum atomic E-state index is 13.3. The molecular formula is C40H61INO3+. The lowest BCUT2D eigenvalue weighted by molar-refractivity contribution is -0.597. The van der Waals surface area contributed by atoms with E-state index in [0.717, 1.165) is 44.9 Å². The van der Waals surface area contributed by atoms with Crippen molar-refractivity contribution in [2.45, 2.75) is 156 Å². The van der Waals surface area contributed by atoms with E-state index in [1.165, 1.54) is 70.5 Å². The fourth-order valence-electron chi connectivity index (χ4n) is 7.47. The number of halogens is 1. The lowest BCUT2D eigenvalue weighted by Gasteiger charge is -2.47. The summed E-state index contributed by atoms with van der Waals surface area (Å²) < 4.78 is 9.08. The Balaban J connectivity index is 1.53. The number of hydrogen-bond acceptors (Lipinski definition) is 3. The Labute approximate surface area is 285 Å². The Bertz CT molecular complexity index is 1130. The molecule has 1 fully saturated rings. The number of ether oxygens (including phenoxy) is 1. The van der Waals surface area contributed by atoms with Gasteiger partial charge in [-0.15, -0.1) is 0 Å². The fourth-order valence-corrected chi connectivity index (χ4v) is 9.69. The number of benzene rings is 2. The van der Waals surface area contributed by atoms with Gasteiger partial charge in [0.1, 0.15) is 6.10 Å². The molecule has 0 heterocycles. The molecule has 3 unspecified atom stereocenters. The van der Waals surface area contributed by atoms with Crippen LogP contribution < -0.4 is 26.5 Å². The van der Waals surface area contributed by atoms with Crippen LogP contribution in [0.1, 0.15) is 143 Å². The van der Waals surface area contributed by atoms with Crippen molar-refractivity contribution in [2.24, 2.45) is 10.8 Å². The molecule has 0 aromatic heterocycles. The molecule has 5 heteroatoms. The summed E-state index contributed by atoms with van der Waals surface area (Å²) in [6, 6.07) is 19.9. The highest BCUT2D eigenvalue weighted by atomic mass is 127. The SMILES string of the molecule is CCCCCCCCCCCCC(Cc1ccc([I+]c2ccccc2)cc1)OC(=O)CCC1(C)CC(NC(C)=O)CC(C)(C)C1. The third-order valence-corrected chi connectivity index (χ3v) is 12.0. The summed E-state index contributed by atoms with van der Waals surface area (Å²) in [5.41, 5.74) is 1.40.